The van der Waals surface area contributed by atoms with Crippen LogP contribution in [0.25, 0.3) is 6.08 Å². The molecule has 1 aromatic carbocycles. The first-order valence-corrected chi connectivity index (χ1v) is 11.7. The normalized spacial score (nSPS) is 17.4. The van der Waals surface area contributed by atoms with E-state index in [4.69, 9.17) is 32.7 Å². The van der Waals surface area contributed by atoms with Gasteiger partial charge in [-0.25, -0.2) is 9.78 Å². The van der Waals surface area contributed by atoms with Crippen molar-refractivity contribution in [3.05, 3.63) is 75.7 Å². The molecule has 7 nitrogen and oxygen atoms in total. The van der Waals surface area contributed by atoms with E-state index in [1.165, 1.54) is 22.9 Å². The van der Waals surface area contributed by atoms with E-state index in [-0.39, 0.29) is 36.3 Å². The zero-order valence-corrected chi connectivity index (χ0v) is 20.8. The van der Waals surface area contributed by atoms with Crippen LogP contribution in [-0.4, -0.2) is 33.1 Å². The van der Waals surface area contributed by atoms with Gasteiger partial charge in [0.05, 0.1) is 34.7 Å². The van der Waals surface area contributed by atoms with Crippen molar-refractivity contribution in [3.63, 3.8) is 0 Å². The molecule has 34 heavy (non-hydrogen) atoms. The Balaban J connectivity index is 1.97. The number of halogens is 2. The molecule has 9 heteroatoms. The van der Waals surface area contributed by atoms with E-state index in [0.29, 0.717) is 22.9 Å². The third-order valence-corrected chi connectivity index (χ3v) is 5.53. The molecular weight excluding hydrogens is 477 g/mol. The molecule has 0 bridgehead atoms. The Morgan fingerprint density at radius 3 is 2.79 bits per heavy atom. The van der Waals surface area contributed by atoms with Gasteiger partial charge in [-0.15, -0.1) is 11.6 Å². The average Bonchev–Trinajstić information content (AvgIpc) is 2.78. The fourth-order valence-electron chi connectivity index (χ4n) is 3.29. The number of hydrogen-bond acceptors (Lipinski definition) is 6. The Morgan fingerprint density at radius 1 is 1.35 bits per heavy atom. The van der Waals surface area contributed by atoms with Crippen molar-refractivity contribution in [3.8, 4) is 5.75 Å². The Kier molecular flexibility index (Phi) is 8.58. The highest BCUT2D eigenvalue weighted by molar-refractivity contribution is 6.32. The number of benzene rings is 1. The molecule has 1 heterocycles. The second-order valence-electron chi connectivity index (χ2n) is 7.98. The monoisotopic (exact) mass is 503 g/mol. The van der Waals surface area contributed by atoms with Crippen molar-refractivity contribution in [2.24, 2.45) is 0 Å². The van der Waals surface area contributed by atoms with Crippen LogP contribution in [0.2, 0.25) is 5.02 Å². The number of ether oxygens (including phenoxy) is 2. The topological polar surface area (TPSA) is 82.4 Å². The Hall–Kier alpha value is -3.03. The third kappa shape index (κ3) is 6.74. The van der Waals surface area contributed by atoms with E-state index < -0.39 is 10.8 Å². The maximum Gasteiger partial charge on any atom is 0.330 e. The number of aromatic nitrogens is 2. The molecule has 2 aromatic rings. The van der Waals surface area contributed by atoms with E-state index >= 15 is 0 Å². The number of allylic oxidation sites excluding steroid dienone is 4. The van der Waals surface area contributed by atoms with E-state index in [1.54, 1.807) is 25.1 Å². The molecule has 1 aliphatic rings. The number of hydrogen-bond donors (Lipinski definition) is 1. The summed E-state index contributed by atoms with van der Waals surface area (Å²) in [6.07, 6.45) is 12.1. The van der Waals surface area contributed by atoms with Crippen LogP contribution in [0.3, 0.4) is 0 Å². The molecule has 0 saturated heterocycles. The van der Waals surface area contributed by atoms with Crippen LogP contribution >= 0.6 is 23.2 Å². The van der Waals surface area contributed by atoms with Gasteiger partial charge in [0.1, 0.15) is 5.75 Å². The number of carbonyl (C=O) groups is 1. The molecule has 0 saturated carbocycles. The van der Waals surface area contributed by atoms with Gasteiger partial charge in [0.15, 0.2) is 0 Å². The predicted molar refractivity (Wildman–Crippen MR) is 136 cm³/mol. The molecule has 1 aromatic heterocycles. The highest BCUT2D eigenvalue weighted by atomic mass is 35.5. The van der Waals surface area contributed by atoms with Gasteiger partial charge in [0.25, 0.3) is 5.56 Å². The van der Waals surface area contributed by atoms with Crippen LogP contribution in [0.5, 0.6) is 5.75 Å². The number of esters is 1. The third-order valence-electron chi connectivity index (χ3n) is 4.83. The van der Waals surface area contributed by atoms with Crippen LogP contribution < -0.4 is 15.6 Å². The molecule has 1 N–H and O–H groups in total. The smallest absolute Gasteiger partial charge is 0.330 e. The SMILES string of the molecule is CCOC(=O)C=Cc1cnc(Nc2ccc(OC(C)C)c(Cl)c2)n(CC2(Cl)C=CC=CC2)c1=O. The van der Waals surface area contributed by atoms with Crippen LogP contribution in [0.1, 0.15) is 32.8 Å². The van der Waals surface area contributed by atoms with Crippen LogP contribution in [-0.2, 0) is 16.1 Å². The van der Waals surface area contributed by atoms with Crippen molar-refractivity contribution in [2.75, 3.05) is 11.9 Å². The maximum absolute atomic E-state index is 13.3. The van der Waals surface area contributed by atoms with Crippen molar-refractivity contribution >= 4 is 46.9 Å². The summed E-state index contributed by atoms with van der Waals surface area (Å²) in [5.41, 5.74) is 0.499. The predicted octanol–water partition coefficient (Wildman–Crippen LogP) is 5.50. The molecule has 1 unspecified atom stereocenters. The first kappa shape index (κ1) is 25.6. The summed E-state index contributed by atoms with van der Waals surface area (Å²) in [6, 6.07) is 5.24. The van der Waals surface area contributed by atoms with Gasteiger partial charge in [-0.3, -0.25) is 9.36 Å². The maximum atomic E-state index is 13.3. The lowest BCUT2D eigenvalue weighted by Gasteiger charge is -2.26. The Bertz CT molecular complexity index is 1190. The zero-order valence-electron chi connectivity index (χ0n) is 19.3. The number of nitrogens with one attached hydrogen (secondary N) is 1. The molecular formula is C25H27Cl2N3O4. The largest absolute Gasteiger partial charge is 0.489 e. The highest BCUT2D eigenvalue weighted by Gasteiger charge is 2.27. The standard InChI is InChI=1S/C25H27Cl2N3O4/c1-4-33-22(31)11-8-18-15-28-24(29-19-9-10-21(20(26)14-19)34-17(2)3)30(23(18)32)16-25(27)12-6-5-7-13-25/h5-12,14-15,17H,4,13,16H2,1-3H3,(H,28,29). The summed E-state index contributed by atoms with van der Waals surface area (Å²) < 4.78 is 12.0. The van der Waals surface area contributed by atoms with E-state index in [1.807, 2.05) is 38.2 Å². The minimum absolute atomic E-state index is 0.0177. The van der Waals surface area contributed by atoms with Crippen molar-refractivity contribution in [1.29, 1.82) is 0 Å². The lowest BCUT2D eigenvalue weighted by atomic mass is 9.99. The van der Waals surface area contributed by atoms with Crippen LogP contribution in [0.4, 0.5) is 11.6 Å². The van der Waals surface area contributed by atoms with Crippen molar-refractivity contribution in [1.82, 2.24) is 9.55 Å². The number of anilines is 2. The molecule has 0 amide bonds. The van der Waals surface area contributed by atoms with Crippen LogP contribution in [0.15, 0.2) is 59.6 Å². The first-order chi connectivity index (χ1) is 16.2. The van der Waals surface area contributed by atoms with Crippen molar-refractivity contribution < 1.29 is 14.3 Å². The fourth-order valence-corrected chi connectivity index (χ4v) is 3.80. The van der Waals surface area contributed by atoms with Crippen molar-refractivity contribution in [2.45, 2.75) is 44.7 Å². The molecule has 0 spiro atoms. The molecule has 0 radical (unpaired) electrons. The van der Waals surface area contributed by atoms with Gasteiger partial charge in [-0.2, -0.15) is 0 Å². The van der Waals surface area contributed by atoms with Gasteiger partial charge in [0, 0.05) is 18.0 Å². The van der Waals surface area contributed by atoms with Gasteiger partial charge in [0.2, 0.25) is 5.95 Å². The van der Waals surface area contributed by atoms with E-state index in [2.05, 4.69) is 10.3 Å². The number of nitrogens with zero attached hydrogens (tertiary/aromatic N) is 2. The molecule has 0 aliphatic heterocycles. The molecule has 1 atom stereocenters. The summed E-state index contributed by atoms with van der Waals surface area (Å²) >= 11 is 13.2. The lowest BCUT2D eigenvalue weighted by molar-refractivity contribution is -0.137. The van der Waals surface area contributed by atoms with E-state index in [0.717, 1.165) is 0 Å². The van der Waals surface area contributed by atoms with E-state index in [9.17, 15) is 9.59 Å². The summed E-state index contributed by atoms with van der Waals surface area (Å²) in [6.45, 7) is 5.94. The fraction of sp³-hybridized carbons (Fsp3) is 0.320. The second-order valence-corrected chi connectivity index (χ2v) is 9.14. The van der Waals surface area contributed by atoms with Crippen LogP contribution in [0, 0.1) is 0 Å². The average molecular weight is 504 g/mol. The minimum Gasteiger partial charge on any atom is -0.489 e. The molecule has 1 aliphatic carbocycles. The Morgan fingerprint density at radius 2 is 2.15 bits per heavy atom. The first-order valence-electron chi connectivity index (χ1n) is 10.9. The second kappa shape index (κ2) is 11.4. The van der Waals surface area contributed by atoms with Gasteiger partial charge >= 0.3 is 5.97 Å². The summed E-state index contributed by atoms with van der Waals surface area (Å²) in [7, 11) is 0. The number of carbonyl (C=O) groups excluding carboxylic acids is 1. The quantitative estimate of drug-likeness (QED) is 0.276. The zero-order chi connectivity index (χ0) is 24.7. The number of alkyl halides is 1. The minimum atomic E-state index is -0.799. The number of rotatable bonds is 9. The molecule has 180 valence electrons. The summed E-state index contributed by atoms with van der Waals surface area (Å²) in [5, 5.41) is 3.58. The highest BCUT2D eigenvalue weighted by Crippen LogP contribution is 2.31. The Labute approximate surface area is 208 Å². The van der Waals surface area contributed by atoms with Gasteiger partial charge < -0.3 is 14.8 Å². The molecule has 3 rings (SSSR count). The lowest BCUT2D eigenvalue weighted by Crippen LogP contribution is -2.35. The van der Waals surface area contributed by atoms with Gasteiger partial charge in [-0.1, -0.05) is 35.9 Å². The summed E-state index contributed by atoms with van der Waals surface area (Å²) in [4.78, 5) is 28.7. The molecule has 0 fully saturated rings. The summed E-state index contributed by atoms with van der Waals surface area (Å²) in [5.74, 6) is 0.309. The van der Waals surface area contributed by atoms with Gasteiger partial charge in [-0.05, 0) is 51.5 Å².